The summed E-state index contributed by atoms with van der Waals surface area (Å²) in [5.41, 5.74) is 1.33. The van der Waals surface area contributed by atoms with Gasteiger partial charge in [-0.05, 0) is 39.8 Å². The molecule has 0 radical (unpaired) electrons. The van der Waals surface area contributed by atoms with E-state index in [2.05, 4.69) is 40.5 Å². The molecule has 1 saturated heterocycles. The molecule has 4 nitrogen and oxygen atoms in total. The summed E-state index contributed by atoms with van der Waals surface area (Å²) in [5.74, 6) is 0. The summed E-state index contributed by atoms with van der Waals surface area (Å²) in [6.45, 7) is 11.1. The average molecular weight is 250 g/mol. The first-order valence-corrected chi connectivity index (χ1v) is 7.17. The molecule has 1 aliphatic rings. The lowest BCUT2D eigenvalue weighted by molar-refractivity contribution is 0.162. The van der Waals surface area contributed by atoms with E-state index in [1.54, 1.807) is 0 Å². The molecule has 2 rings (SSSR count). The van der Waals surface area contributed by atoms with Crippen molar-refractivity contribution in [1.82, 2.24) is 19.8 Å². The number of aromatic nitrogens is 2. The molecule has 1 aliphatic heterocycles. The molecule has 2 heterocycles. The van der Waals surface area contributed by atoms with Gasteiger partial charge in [-0.2, -0.15) is 0 Å². The van der Waals surface area contributed by atoms with Crippen LogP contribution in [0.3, 0.4) is 0 Å². The van der Waals surface area contributed by atoms with Crippen molar-refractivity contribution >= 4 is 0 Å². The lowest BCUT2D eigenvalue weighted by Gasteiger charge is -2.34. The Hall–Kier alpha value is -0.870. The summed E-state index contributed by atoms with van der Waals surface area (Å²) < 4.78 is 2.28. The number of likely N-dealkylation sites (N-methyl/N-ethyl adjacent to an activating group) is 1. The molecule has 0 bridgehead atoms. The van der Waals surface area contributed by atoms with Gasteiger partial charge in [-0.3, -0.25) is 4.90 Å². The molecule has 1 N–H and O–H groups in total. The summed E-state index contributed by atoms with van der Waals surface area (Å²) in [6, 6.07) is 1.17. The van der Waals surface area contributed by atoms with Crippen LogP contribution in [0.4, 0.5) is 0 Å². The lowest BCUT2D eigenvalue weighted by Crippen LogP contribution is -2.45. The molecule has 1 unspecified atom stereocenters. The van der Waals surface area contributed by atoms with Gasteiger partial charge in [-0.15, -0.1) is 0 Å². The number of nitrogens with one attached hydrogen (secondary N) is 1. The number of hydrogen-bond acceptors (Lipinski definition) is 3. The number of nitrogens with zero attached hydrogens (tertiary/aromatic N) is 3. The SMILES string of the molecule is CCN(Cc1cncn1C(C)C)C1CCCNC1. The first-order chi connectivity index (χ1) is 8.72. The number of piperidine rings is 1. The van der Waals surface area contributed by atoms with E-state index in [0.717, 1.165) is 19.6 Å². The van der Waals surface area contributed by atoms with Gasteiger partial charge in [-0.1, -0.05) is 6.92 Å². The fraction of sp³-hybridized carbons (Fsp3) is 0.786. The molecule has 0 saturated carbocycles. The van der Waals surface area contributed by atoms with Crippen LogP contribution in [-0.4, -0.2) is 40.1 Å². The quantitative estimate of drug-likeness (QED) is 0.868. The van der Waals surface area contributed by atoms with E-state index in [9.17, 15) is 0 Å². The largest absolute Gasteiger partial charge is 0.331 e. The minimum Gasteiger partial charge on any atom is -0.331 e. The van der Waals surface area contributed by atoms with Crippen molar-refractivity contribution in [3.8, 4) is 0 Å². The van der Waals surface area contributed by atoms with E-state index in [1.165, 1.54) is 25.1 Å². The van der Waals surface area contributed by atoms with E-state index in [-0.39, 0.29) is 0 Å². The van der Waals surface area contributed by atoms with Gasteiger partial charge < -0.3 is 9.88 Å². The van der Waals surface area contributed by atoms with Crippen LogP contribution in [0.5, 0.6) is 0 Å². The van der Waals surface area contributed by atoms with Gasteiger partial charge in [-0.25, -0.2) is 4.98 Å². The smallest absolute Gasteiger partial charge is 0.0951 e. The fourth-order valence-electron chi connectivity index (χ4n) is 2.77. The fourth-order valence-corrected chi connectivity index (χ4v) is 2.77. The maximum atomic E-state index is 4.30. The van der Waals surface area contributed by atoms with Crippen molar-refractivity contribution in [3.63, 3.8) is 0 Å². The standard InChI is InChI=1S/C14H26N4/c1-4-17(13-6-5-7-15-8-13)10-14-9-16-11-18(14)12(2)3/h9,11-13,15H,4-8,10H2,1-3H3. The third kappa shape index (κ3) is 3.12. The third-order valence-electron chi connectivity index (χ3n) is 3.86. The third-order valence-corrected chi connectivity index (χ3v) is 3.86. The molecule has 1 aromatic rings. The Morgan fingerprint density at radius 2 is 2.39 bits per heavy atom. The Labute approximate surface area is 110 Å². The second kappa shape index (κ2) is 6.34. The maximum absolute atomic E-state index is 4.30. The highest BCUT2D eigenvalue weighted by Gasteiger charge is 2.20. The molecular weight excluding hydrogens is 224 g/mol. The van der Waals surface area contributed by atoms with E-state index < -0.39 is 0 Å². The van der Waals surface area contributed by atoms with Crippen LogP contribution >= 0.6 is 0 Å². The molecule has 0 spiro atoms. The number of imidazole rings is 1. The van der Waals surface area contributed by atoms with Gasteiger partial charge in [0.05, 0.1) is 12.0 Å². The van der Waals surface area contributed by atoms with Gasteiger partial charge in [0, 0.05) is 31.4 Å². The highest BCUT2D eigenvalue weighted by atomic mass is 15.2. The minimum atomic E-state index is 0.491. The van der Waals surface area contributed by atoms with Gasteiger partial charge in [0.2, 0.25) is 0 Å². The zero-order valence-corrected chi connectivity index (χ0v) is 11.9. The zero-order chi connectivity index (χ0) is 13.0. The van der Waals surface area contributed by atoms with E-state index in [1.807, 2.05) is 12.5 Å². The second-order valence-corrected chi connectivity index (χ2v) is 5.45. The van der Waals surface area contributed by atoms with E-state index in [0.29, 0.717) is 12.1 Å². The van der Waals surface area contributed by atoms with Crippen LogP contribution in [0.1, 0.15) is 45.3 Å². The molecule has 0 aliphatic carbocycles. The lowest BCUT2D eigenvalue weighted by atomic mass is 10.1. The summed E-state index contributed by atoms with van der Waals surface area (Å²) in [7, 11) is 0. The van der Waals surface area contributed by atoms with Crippen LogP contribution in [0, 0.1) is 0 Å². The van der Waals surface area contributed by atoms with Crippen LogP contribution in [-0.2, 0) is 6.54 Å². The summed E-state index contributed by atoms with van der Waals surface area (Å²) >= 11 is 0. The maximum Gasteiger partial charge on any atom is 0.0951 e. The van der Waals surface area contributed by atoms with Crippen molar-refractivity contribution in [2.24, 2.45) is 0 Å². The molecule has 1 atom stereocenters. The Bertz CT molecular complexity index is 352. The van der Waals surface area contributed by atoms with Crippen LogP contribution in [0.25, 0.3) is 0 Å². The summed E-state index contributed by atoms with van der Waals surface area (Å²) in [5, 5.41) is 3.50. The molecule has 0 amide bonds. The predicted molar refractivity (Wildman–Crippen MR) is 74.6 cm³/mol. The topological polar surface area (TPSA) is 33.1 Å². The van der Waals surface area contributed by atoms with Crippen molar-refractivity contribution in [3.05, 3.63) is 18.2 Å². The molecule has 102 valence electrons. The molecule has 0 aromatic carbocycles. The number of hydrogen-bond donors (Lipinski definition) is 1. The molecule has 4 heteroatoms. The van der Waals surface area contributed by atoms with Gasteiger partial charge in [0.15, 0.2) is 0 Å². The Morgan fingerprint density at radius 3 is 3.00 bits per heavy atom. The predicted octanol–water partition coefficient (Wildman–Crippen LogP) is 2.04. The first kappa shape index (κ1) is 13.6. The number of rotatable bonds is 5. The molecule has 1 aromatic heterocycles. The van der Waals surface area contributed by atoms with E-state index in [4.69, 9.17) is 0 Å². The molecular formula is C14H26N4. The van der Waals surface area contributed by atoms with Gasteiger partial charge in [0.25, 0.3) is 0 Å². The summed E-state index contributed by atoms with van der Waals surface area (Å²) in [4.78, 5) is 6.87. The average Bonchev–Trinajstić information content (AvgIpc) is 2.85. The normalized spacial score (nSPS) is 20.8. The van der Waals surface area contributed by atoms with Crippen LogP contribution in [0.2, 0.25) is 0 Å². The second-order valence-electron chi connectivity index (χ2n) is 5.45. The van der Waals surface area contributed by atoms with Crippen molar-refractivity contribution in [2.75, 3.05) is 19.6 Å². The van der Waals surface area contributed by atoms with Gasteiger partial charge >= 0.3 is 0 Å². The summed E-state index contributed by atoms with van der Waals surface area (Å²) in [6.07, 6.45) is 6.58. The Kier molecular flexibility index (Phi) is 4.78. The monoisotopic (exact) mass is 250 g/mol. The van der Waals surface area contributed by atoms with E-state index >= 15 is 0 Å². The van der Waals surface area contributed by atoms with Crippen molar-refractivity contribution in [2.45, 2.75) is 52.2 Å². The molecule has 18 heavy (non-hydrogen) atoms. The Balaban J connectivity index is 2.02. The highest BCUT2D eigenvalue weighted by molar-refractivity contribution is 5.00. The first-order valence-electron chi connectivity index (χ1n) is 7.17. The van der Waals surface area contributed by atoms with Crippen LogP contribution < -0.4 is 5.32 Å². The Morgan fingerprint density at radius 1 is 1.56 bits per heavy atom. The van der Waals surface area contributed by atoms with Crippen LogP contribution in [0.15, 0.2) is 12.5 Å². The molecule has 1 fully saturated rings. The zero-order valence-electron chi connectivity index (χ0n) is 11.9. The minimum absolute atomic E-state index is 0.491. The van der Waals surface area contributed by atoms with Crippen molar-refractivity contribution in [1.29, 1.82) is 0 Å². The highest BCUT2D eigenvalue weighted by Crippen LogP contribution is 2.16. The van der Waals surface area contributed by atoms with Gasteiger partial charge in [0.1, 0.15) is 0 Å². The van der Waals surface area contributed by atoms with Crippen molar-refractivity contribution < 1.29 is 0 Å².